The maximum absolute atomic E-state index is 11.8. The summed E-state index contributed by atoms with van der Waals surface area (Å²) < 4.78 is 1.78. The van der Waals surface area contributed by atoms with E-state index < -0.39 is 6.04 Å². The normalized spacial score (nSPS) is 13.5. The van der Waals surface area contributed by atoms with Crippen molar-refractivity contribution >= 4 is 5.91 Å². The summed E-state index contributed by atoms with van der Waals surface area (Å²) in [7, 11) is 1.88. The van der Waals surface area contributed by atoms with Crippen molar-refractivity contribution in [2.45, 2.75) is 40.3 Å². The summed E-state index contributed by atoms with van der Waals surface area (Å²) in [4.78, 5) is 11.8. The topological polar surface area (TPSA) is 72.9 Å². The van der Waals surface area contributed by atoms with E-state index in [9.17, 15) is 4.79 Å². The van der Waals surface area contributed by atoms with Crippen LogP contribution in [0.1, 0.15) is 32.0 Å². The van der Waals surface area contributed by atoms with Crippen LogP contribution in [0.4, 0.5) is 0 Å². The van der Waals surface area contributed by atoms with Crippen molar-refractivity contribution in [1.82, 2.24) is 15.1 Å². The Balaban J connectivity index is 2.57. The number of aryl methyl sites for hydroxylation is 1. The Kier molecular flexibility index (Phi) is 3.93. The molecule has 1 aromatic heterocycles. The van der Waals surface area contributed by atoms with Gasteiger partial charge in [0, 0.05) is 24.8 Å². The minimum Gasteiger partial charge on any atom is -0.351 e. The van der Waals surface area contributed by atoms with Crippen LogP contribution in [0.3, 0.4) is 0 Å². The number of nitrogens with zero attached hydrogens (tertiary/aromatic N) is 2. The van der Waals surface area contributed by atoms with E-state index >= 15 is 0 Å². The zero-order valence-electron chi connectivity index (χ0n) is 11.2. The first-order valence-electron chi connectivity index (χ1n) is 5.74. The van der Waals surface area contributed by atoms with Gasteiger partial charge in [0.05, 0.1) is 12.2 Å². The Morgan fingerprint density at radius 1 is 1.59 bits per heavy atom. The lowest BCUT2D eigenvalue weighted by Crippen LogP contribution is -2.48. The van der Waals surface area contributed by atoms with Crippen LogP contribution in [0.5, 0.6) is 0 Å². The van der Waals surface area contributed by atoms with Crippen LogP contribution in [0.25, 0.3) is 0 Å². The zero-order valence-corrected chi connectivity index (χ0v) is 11.2. The molecule has 96 valence electrons. The van der Waals surface area contributed by atoms with Crippen molar-refractivity contribution in [1.29, 1.82) is 0 Å². The van der Waals surface area contributed by atoms with E-state index in [4.69, 9.17) is 5.73 Å². The van der Waals surface area contributed by atoms with Crippen molar-refractivity contribution < 1.29 is 4.79 Å². The van der Waals surface area contributed by atoms with Crippen LogP contribution >= 0.6 is 0 Å². The van der Waals surface area contributed by atoms with Gasteiger partial charge in [0.15, 0.2) is 0 Å². The van der Waals surface area contributed by atoms with E-state index in [-0.39, 0.29) is 11.3 Å². The molecular formula is C12H22N4O. The fourth-order valence-electron chi connectivity index (χ4n) is 1.40. The molecule has 0 saturated carbocycles. The standard InChI is InChI=1S/C12H22N4O/c1-8-9(7-15-16(8)5)6-14-11(17)10(13)12(2,3)4/h7,10H,6,13H2,1-5H3,(H,14,17). The van der Waals surface area contributed by atoms with Crippen molar-refractivity contribution in [2.75, 3.05) is 0 Å². The summed E-state index contributed by atoms with van der Waals surface area (Å²) in [6, 6.07) is -0.500. The highest BCUT2D eigenvalue weighted by atomic mass is 16.2. The van der Waals surface area contributed by atoms with Crippen molar-refractivity contribution in [2.24, 2.45) is 18.2 Å². The van der Waals surface area contributed by atoms with Crippen molar-refractivity contribution in [3.8, 4) is 0 Å². The molecule has 1 amide bonds. The van der Waals surface area contributed by atoms with E-state index in [0.717, 1.165) is 11.3 Å². The molecule has 0 spiro atoms. The van der Waals surface area contributed by atoms with Gasteiger partial charge in [0.1, 0.15) is 0 Å². The Hall–Kier alpha value is -1.36. The van der Waals surface area contributed by atoms with Gasteiger partial charge in [-0.1, -0.05) is 20.8 Å². The number of nitrogens with one attached hydrogen (secondary N) is 1. The van der Waals surface area contributed by atoms with Crippen LogP contribution in [0, 0.1) is 12.3 Å². The lowest BCUT2D eigenvalue weighted by Gasteiger charge is -2.25. The minimum absolute atomic E-state index is 0.124. The van der Waals surface area contributed by atoms with Crippen molar-refractivity contribution in [3.63, 3.8) is 0 Å². The predicted octanol–water partition coefficient (Wildman–Crippen LogP) is 0.718. The molecule has 0 radical (unpaired) electrons. The fourth-order valence-corrected chi connectivity index (χ4v) is 1.40. The SMILES string of the molecule is Cc1c(CNC(=O)C(N)C(C)(C)C)cnn1C. The van der Waals surface area contributed by atoms with E-state index in [2.05, 4.69) is 10.4 Å². The average Bonchev–Trinajstić information content (AvgIpc) is 2.54. The largest absolute Gasteiger partial charge is 0.351 e. The van der Waals surface area contributed by atoms with E-state index in [0.29, 0.717) is 6.54 Å². The molecule has 1 aromatic rings. The molecule has 3 N–H and O–H groups in total. The second kappa shape index (κ2) is 4.87. The highest BCUT2D eigenvalue weighted by molar-refractivity contribution is 5.82. The fraction of sp³-hybridized carbons (Fsp3) is 0.667. The first kappa shape index (κ1) is 13.7. The molecule has 0 fully saturated rings. The molecule has 0 aliphatic heterocycles. The molecule has 17 heavy (non-hydrogen) atoms. The second-order valence-electron chi connectivity index (χ2n) is 5.44. The molecule has 1 atom stereocenters. The molecule has 1 heterocycles. The Morgan fingerprint density at radius 3 is 2.59 bits per heavy atom. The number of rotatable bonds is 3. The lowest BCUT2D eigenvalue weighted by atomic mass is 9.87. The molecule has 0 aliphatic rings. The van der Waals surface area contributed by atoms with E-state index in [1.54, 1.807) is 10.9 Å². The molecule has 1 rings (SSSR count). The van der Waals surface area contributed by atoms with Gasteiger partial charge in [0.25, 0.3) is 0 Å². The molecule has 0 aliphatic carbocycles. The first-order valence-corrected chi connectivity index (χ1v) is 5.74. The summed E-state index contributed by atoms with van der Waals surface area (Å²) in [6.07, 6.45) is 1.76. The predicted molar refractivity (Wildman–Crippen MR) is 67.2 cm³/mol. The third-order valence-electron chi connectivity index (χ3n) is 3.01. The second-order valence-corrected chi connectivity index (χ2v) is 5.44. The summed E-state index contributed by atoms with van der Waals surface area (Å²) in [5, 5.41) is 6.96. The number of carbonyl (C=O) groups is 1. The number of carbonyl (C=O) groups excluding carboxylic acids is 1. The van der Waals surface area contributed by atoms with Crippen LogP contribution in [0.2, 0.25) is 0 Å². The molecule has 1 unspecified atom stereocenters. The van der Waals surface area contributed by atoms with Gasteiger partial charge in [-0.3, -0.25) is 9.48 Å². The quantitative estimate of drug-likeness (QED) is 0.815. The van der Waals surface area contributed by atoms with Gasteiger partial charge in [-0.25, -0.2) is 0 Å². The van der Waals surface area contributed by atoms with Gasteiger partial charge >= 0.3 is 0 Å². The Bertz CT molecular complexity index is 403. The Labute approximate surface area is 102 Å². The number of aromatic nitrogens is 2. The summed E-state index contributed by atoms with van der Waals surface area (Å²) in [5.74, 6) is -0.124. The highest BCUT2D eigenvalue weighted by Gasteiger charge is 2.27. The summed E-state index contributed by atoms with van der Waals surface area (Å²) in [6.45, 7) is 8.30. The van der Waals surface area contributed by atoms with Gasteiger partial charge < -0.3 is 11.1 Å². The van der Waals surface area contributed by atoms with Gasteiger partial charge in [-0.2, -0.15) is 5.10 Å². The summed E-state index contributed by atoms with van der Waals surface area (Å²) >= 11 is 0. The monoisotopic (exact) mass is 238 g/mol. The molecular weight excluding hydrogens is 216 g/mol. The maximum Gasteiger partial charge on any atom is 0.237 e. The third-order valence-corrected chi connectivity index (χ3v) is 3.01. The highest BCUT2D eigenvalue weighted by Crippen LogP contribution is 2.17. The molecule has 5 nitrogen and oxygen atoms in total. The number of hydrogen-bond donors (Lipinski definition) is 2. The maximum atomic E-state index is 11.8. The number of amides is 1. The van der Waals surface area contributed by atoms with E-state index in [1.807, 2.05) is 34.7 Å². The summed E-state index contributed by atoms with van der Waals surface area (Å²) in [5.41, 5.74) is 7.71. The van der Waals surface area contributed by atoms with Crippen LogP contribution in [0.15, 0.2) is 6.20 Å². The van der Waals surface area contributed by atoms with Crippen molar-refractivity contribution in [3.05, 3.63) is 17.5 Å². The Morgan fingerprint density at radius 2 is 2.18 bits per heavy atom. The molecule has 0 aromatic carbocycles. The van der Waals surface area contributed by atoms with Crippen LogP contribution < -0.4 is 11.1 Å². The first-order chi connectivity index (χ1) is 7.73. The van der Waals surface area contributed by atoms with Crippen LogP contribution in [-0.4, -0.2) is 21.7 Å². The third kappa shape index (κ3) is 3.30. The van der Waals surface area contributed by atoms with E-state index in [1.165, 1.54) is 0 Å². The lowest BCUT2D eigenvalue weighted by molar-refractivity contribution is -0.124. The molecule has 0 saturated heterocycles. The average molecular weight is 238 g/mol. The van der Waals surface area contributed by atoms with Gasteiger partial charge in [0.2, 0.25) is 5.91 Å². The zero-order chi connectivity index (χ0) is 13.2. The van der Waals surface area contributed by atoms with Gasteiger partial charge in [-0.05, 0) is 12.3 Å². The number of nitrogens with two attached hydrogens (primary N) is 1. The van der Waals surface area contributed by atoms with Crippen LogP contribution in [-0.2, 0) is 18.4 Å². The number of hydrogen-bond acceptors (Lipinski definition) is 3. The van der Waals surface area contributed by atoms with Gasteiger partial charge in [-0.15, -0.1) is 0 Å². The minimum atomic E-state index is -0.500. The smallest absolute Gasteiger partial charge is 0.237 e. The molecule has 5 heteroatoms. The molecule has 0 bridgehead atoms.